The molecule has 0 bridgehead atoms. The normalized spacial score (nSPS) is 16.5. The molecule has 0 radical (unpaired) electrons. The minimum absolute atomic E-state index is 0.0461. The van der Waals surface area contributed by atoms with Crippen LogP contribution in [0.15, 0.2) is 60.7 Å². The van der Waals surface area contributed by atoms with Crippen LogP contribution in [0.5, 0.6) is 5.75 Å². The summed E-state index contributed by atoms with van der Waals surface area (Å²) in [6.45, 7) is 1.16. The molecule has 2 heterocycles. The van der Waals surface area contributed by atoms with E-state index in [1.54, 1.807) is 18.2 Å². The van der Waals surface area contributed by atoms with Crippen LogP contribution in [-0.2, 0) is 20.8 Å². The minimum atomic E-state index is -0.981. The number of ether oxygens (including phenoxy) is 1. The maximum absolute atomic E-state index is 12.9. The number of carbonyl (C=O) groups excluding carboxylic acids is 5. The number of unbranched alkanes of at least 4 members (excludes halogenated alkanes) is 5. The van der Waals surface area contributed by atoms with Gasteiger partial charge in [-0.1, -0.05) is 68.1 Å². The zero-order valence-corrected chi connectivity index (χ0v) is 23.5. The maximum atomic E-state index is 12.9. The van der Waals surface area contributed by atoms with Crippen LogP contribution in [0.3, 0.4) is 0 Å². The number of carbonyl (C=O) groups is 5. The number of imide groups is 2. The van der Waals surface area contributed by atoms with E-state index in [9.17, 15) is 24.0 Å². The monoisotopic (exact) mass is 569 g/mol. The van der Waals surface area contributed by atoms with Gasteiger partial charge in [-0.15, -0.1) is 0 Å². The fourth-order valence-corrected chi connectivity index (χ4v) is 5.57. The molecular formula is C33H35N3O6. The van der Waals surface area contributed by atoms with Gasteiger partial charge in [-0.2, -0.15) is 0 Å². The van der Waals surface area contributed by atoms with Crippen molar-refractivity contribution in [3.63, 3.8) is 0 Å². The van der Waals surface area contributed by atoms with Crippen LogP contribution < -0.4 is 15.4 Å². The van der Waals surface area contributed by atoms with Crippen molar-refractivity contribution in [2.75, 3.05) is 13.2 Å². The van der Waals surface area contributed by atoms with Gasteiger partial charge in [0, 0.05) is 13.0 Å². The summed E-state index contributed by atoms with van der Waals surface area (Å²) in [6.07, 6.45) is 6.56. The van der Waals surface area contributed by atoms with E-state index in [2.05, 4.69) is 28.8 Å². The van der Waals surface area contributed by atoms with E-state index in [-0.39, 0.29) is 29.9 Å². The lowest BCUT2D eigenvalue weighted by molar-refractivity contribution is -0.136. The third kappa shape index (κ3) is 6.67. The number of piperidine rings is 1. The van der Waals surface area contributed by atoms with Gasteiger partial charge in [0.2, 0.25) is 17.7 Å². The Balaban J connectivity index is 0.954. The second-order valence-corrected chi connectivity index (χ2v) is 10.8. The number of hydrogen-bond donors (Lipinski definition) is 2. The molecule has 1 fully saturated rings. The molecule has 1 unspecified atom stereocenters. The molecule has 0 spiro atoms. The van der Waals surface area contributed by atoms with Gasteiger partial charge in [0.25, 0.3) is 11.8 Å². The lowest BCUT2D eigenvalue weighted by atomic mass is 10.0. The summed E-state index contributed by atoms with van der Waals surface area (Å²) in [4.78, 5) is 62.7. The molecule has 9 nitrogen and oxygen atoms in total. The average molecular weight is 570 g/mol. The van der Waals surface area contributed by atoms with E-state index in [4.69, 9.17) is 4.74 Å². The Morgan fingerprint density at radius 2 is 1.60 bits per heavy atom. The lowest BCUT2D eigenvalue weighted by Crippen LogP contribution is -2.54. The van der Waals surface area contributed by atoms with Crippen LogP contribution in [0.4, 0.5) is 0 Å². The Bertz CT molecular complexity index is 1510. The zero-order chi connectivity index (χ0) is 29.5. The quantitative estimate of drug-likeness (QED) is 0.234. The van der Waals surface area contributed by atoms with E-state index < -0.39 is 29.7 Å². The van der Waals surface area contributed by atoms with Crippen molar-refractivity contribution in [1.82, 2.24) is 15.5 Å². The Hall–Kier alpha value is -4.53. The molecule has 0 aliphatic carbocycles. The fraction of sp³-hybridized carbons (Fsp3) is 0.364. The molecule has 2 N–H and O–H groups in total. The van der Waals surface area contributed by atoms with Gasteiger partial charge in [-0.3, -0.25) is 34.2 Å². The van der Waals surface area contributed by atoms with Crippen LogP contribution in [-0.4, -0.2) is 53.6 Å². The Morgan fingerprint density at radius 1 is 0.857 bits per heavy atom. The fourth-order valence-electron chi connectivity index (χ4n) is 5.57. The number of hydrogen-bond acceptors (Lipinski definition) is 6. The van der Waals surface area contributed by atoms with Crippen molar-refractivity contribution in [2.24, 2.45) is 0 Å². The molecule has 9 heteroatoms. The molecule has 5 amide bonds. The highest BCUT2D eigenvalue weighted by Gasteiger charge is 2.44. The molecule has 0 saturated carbocycles. The van der Waals surface area contributed by atoms with Gasteiger partial charge in [0.15, 0.2) is 0 Å². The molecule has 42 heavy (non-hydrogen) atoms. The highest BCUT2D eigenvalue weighted by atomic mass is 16.5. The number of benzene rings is 3. The predicted molar refractivity (Wildman–Crippen MR) is 157 cm³/mol. The summed E-state index contributed by atoms with van der Waals surface area (Å²) in [6, 6.07) is 17.9. The summed E-state index contributed by atoms with van der Waals surface area (Å²) >= 11 is 0. The van der Waals surface area contributed by atoms with Crippen LogP contribution in [0, 0.1) is 0 Å². The highest BCUT2D eigenvalue weighted by molar-refractivity contribution is 6.23. The van der Waals surface area contributed by atoms with Crippen LogP contribution in [0.2, 0.25) is 0 Å². The van der Waals surface area contributed by atoms with Crippen molar-refractivity contribution in [3.05, 3.63) is 77.4 Å². The second-order valence-electron chi connectivity index (χ2n) is 10.8. The third-order valence-electron chi connectivity index (χ3n) is 7.80. The Kier molecular flexibility index (Phi) is 9.26. The van der Waals surface area contributed by atoms with E-state index >= 15 is 0 Å². The second kappa shape index (κ2) is 13.4. The van der Waals surface area contributed by atoms with Crippen molar-refractivity contribution in [1.29, 1.82) is 0 Å². The first-order valence-electron chi connectivity index (χ1n) is 14.6. The van der Waals surface area contributed by atoms with E-state index in [0.717, 1.165) is 59.8 Å². The molecule has 2 aliphatic rings. The first-order valence-corrected chi connectivity index (χ1v) is 14.6. The first-order chi connectivity index (χ1) is 20.4. The molecular weight excluding hydrogens is 534 g/mol. The lowest BCUT2D eigenvalue weighted by Gasteiger charge is -2.27. The topological polar surface area (TPSA) is 122 Å². The van der Waals surface area contributed by atoms with Gasteiger partial charge in [-0.25, -0.2) is 0 Å². The number of rotatable bonds is 13. The van der Waals surface area contributed by atoms with Gasteiger partial charge >= 0.3 is 0 Å². The van der Waals surface area contributed by atoms with Gasteiger partial charge in [-0.05, 0) is 53.8 Å². The number of fused-ring (bicyclic) bond motifs is 2. The highest BCUT2D eigenvalue weighted by Crippen LogP contribution is 2.30. The number of amides is 5. The predicted octanol–water partition coefficient (Wildman–Crippen LogP) is 4.32. The summed E-state index contributed by atoms with van der Waals surface area (Å²) in [5.74, 6) is -1.55. The van der Waals surface area contributed by atoms with Crippen molar-refractivity contribution >= 4 is 40.3 Å². The molecule has 218 valence electrons. The van der Waals surface area contributed by atoms with Gasteiger partial charge < -0.3 is 10.1 Å². The molecule has 1 atom stereocenters. The van der Waals surface area contributed by atoms with E-state index in [1.807, 2.05) is 24.3 Å². The van der Waals surface area contributed by atoms with Crippen LogP contribution >= 0.6 is 0 Å². The zero-order valence-electron chi connectivity index (χ0n) is 23.5. The maximum Gasteiger partial charge on any atom is 0.262 e. The summed E-state index contributed by atoms with van der Waals surface area (Å²) in [5.41, 5.74) is 1.50. The first kappa shape index (κ1) is 29.0. The van der Waals surface area contributed by atoms with Crippen molar-refractivity contribution in [3.8, 4) is 5.75 Å². The summed E-state index contributed by atoms with van der Waals surface area (Å²) < 4.78 is 5.82. The SMILES string of the molecule is O=C(Cc1cccc2ccccc12)NCCCCCCCCOc1ccc2c(c1)C(=O)N(C1CCC(=O)NC1=O)C2=O. The van der Waals surface area contributed by atoms with Gasteiger partial charge in [0.05, 0.1) is 24.2 Å². The smallest absolute Gasteiger partial charge is 0.262 e. The molecule has 3 aromatic rings. The number of nitrogens with one attached hydrogen (secondary N) is 2. The van der Waals surface area contributed by atoms with E-state index in [0.29, 0.717) is 25.3 Å². The standard InChI is InChI=1S/C33H35N3O6/c37-29-17-16-28(31(39)35-29)36-32(40)26-15-14-24(21-27(26)33(36)41)42-19-8-4-2-1-3-7-18-34-30(38)20-23-12-9-11-22-10-5-6-13-25(22)23/h5-6,9-15,21,28H,1-4,7-8,16-20H2,(H,34,38)(H,35,37,39). The Morgan fingerprint density at radius 3 is 2.43 bits per heavy atom. The average Bonchev–Trinajstić information content (AvgIpc) is 3.23. The van der Waals surface area contributed by atoms with Crippen molar-refractivity contribution in [2.45, 2.75) is 63.8 Å². The number of nitrogens with zero attached hydrogens (tertiary/aromatic N) is 1. The van der Waals surface area contributed by atoms with Gasteiger partial charge in [0.1, 0.15) is 11.8 Å². The minimum Gasteiger partial charge on any atom is -0.494 e. The Labute approximate surface area is 244 Å². The van der Waals surface area contributed by atoms with Crippen molar-refractivity contribution < 1.29 is 28.7 Å². The summed E-state index contributed by atoms with van der Waals surface area (Å²) in [5, 5.41) is 7.49. The molecule has 2 aliphatic heterocycles. The largest absolute Gasteiger partial charge is 0.494 e. The van der Waals surface area contributed by atoms with Crippen LogP contribution in [0.1, 0.15) is 77.6 Å². The van der Waals surface area contributed by atoms with Crippen LogP contribution in [0.25, 0.3) is 10.8 Å². The summed E-state index contributed by atoms with van der Waals surface area (Å²) in [7, 11) is 0. The molecule has 0 aromatic heterocycles. The van der Waals surface area contributed by atoms with E-state index in [1.165, 1.54) is 0 Å². The third-order valence-corrected chi connectivity index (χ3v) is 7.80. The molecule has 5 rings (SSSR count). The molecule has 3 aromatic carbocycles. The molecule has 1 saturated heterocycles.